The quantitative estimate of drug-likeness (QED) is 0.697. The molecule has 0 amide bonds. The minimum absolute atomic E-state index is 0.258. The van der Waals surface area contributed by atoms with Crippen LogP contribution in [0.25, 0.3) is 0 Å². The van der Waals surface area contributed by atoms with Gasteiger partial charge in [0.15, 0.2) is 12.6 Å². The summed E-state index contributed by atoms with van der Waals surface area (Å²) in [6.45, 7) is 5.58. The lowest BCUT2D eigenvalue weighted by Crippen LogP contribution is -2.44. The van der Waals surface area contributed by atoms with Crippen LogP contribution < -0.4 is 9.13 Å². The van der Waals surface area contributed by atoms with Crippen LogP contribution in [-0.4, -0.2) is 11.7 Å². The van der Waals surface area contributed by atoms with E-state index in [4.69, 9.17) is 5.11 Å². The normalized spacial score (nSPS) is 10.9. The summed E-state index contributed by atoms with van der Waals surface area (Å²) in [6, 6.07) is 0.609. The van der Waals surface area contributed by atoms with Crippen molar-refractivity contribution in [3.63, 3.8) is 0 Å². The predicted octanol–water partition coefficient (Wildman–Crippen LogP) is 1.01. The van der Waals surface area contributed by atoms with E-state index >= 15 is 0 Å². The van der Waals surface area contributed by atoms with Crippen LogP contribution >= 0.6 is 0 Å². The standard InChI is InChI=1S/C12H22N2O/c1-3-12(4-2)14-9-7-13(8-10-14)6-5-11-15/h7-10,12,15H,3-6,11H2,1-2H3/q+2. The Kier molecular flexibility index (Phi) is 5.26. The highest BCUT2D eigenvalue weighted by molar-refractivity contribution is 4.56. The Balaban J connectivity index is 2.62. The zero-order chi connectivity index (χ0) is 11.1. The van der Waals surface area contributed by atoms with Gasteiger partial charge >= 0.3 is 0 Å². The Morgan fingerprint density at radius 3 is 2.13 bits per heavy atom. The number of hydrogen-bond donors (Lipinski definition) is 1. The van der Waals surface area contributed by atoms with Gasteiger partial charge in [-0.05, 0) is 0 Å². The largest absolute Gasteiger partial charge is 0.396 e. The molecule has 0 spiro atoms. The van der Waals surface area contributed by atoms with Crippen LogP contribution in [0.4, 0.5) is 0 Å². The SMILES string of the molecule is CCC(CC)[n+]1cc[n+](CCCO)cc1. The molecule has 1 aromatic heterocycles. The average Bonchev–Trinajstić information content (AvgIpc) is 2.29. The van der Waals surface area contributed by atoms with Gasteiger partial charge in [0.25, 0.3) is 0 Å². The second-order valence-corrected chi connectivity index (χ2v) is 3.83. The van der Waals surface area contributed by atoms with E-state index in [1.807, 2.05) is 0 Å². The van der Waals surface area contributed by atoms with Gasteiger partial charge in [-0.25, -0.2) is 0 Å². The van der Waals surface area contributed by atoms with Gasteiger partial charge in [0.1, 0.15) is 0 Å². The summed E-state index contributed by atoms with van der Waals surface area (Å²) in [4.78, 5) is 0. The topological polar surface area (TPSA) is 28.0 Å². The molecule has 0 saturated carbocycles. The summed E-state index contributed by atoms with van der Waals surface area (Å²) >= 11 is 0. The Morgan fingerprint density at radius 2 is 1.67 bits per heavy atom. The fraction of sp³-hybridized carbons (Fsp3) is 0.667. The summed E-state index contributed by atoms with van der Waals surface area (Å²) in [5, 5.41) is 8.73. The van der Waals surface area contributed by atoms with Gasteiger partial charge in [0.05, 0.1) is 0 Å². The van der Waals surface area contributed by atoms with Crippen molar-refractivity contribution in [1.29, 1.82) is 0 Å². The number of aliphatic hydroxyl groups is 1. The minimum Gasteiger partial charge on any atom is -0.396 e. The molecule has 15 heavy (non-hydrogen) atoms. The van der Waals surface area contributed by atoms with Gasteiger partial charge < -0.3 is 5.11 Å². The van der Waals surface area contributed by atoms with E-state index in [0.717, 1.165) is 13.0 Å². The minimum atomic E-state index is 0.258. The van der Waals surface area contributed by atoms with Gasteiger partial charge in [-0.1, -0.05) is 13.8 Å². The van der Waals surface area contributed by atoms with E-state index in [0.29, 0.717) is 6.04 Å². The van der Waals surface area contributed by atoms with Crippen LogP contribution in [-0.2, 0) is 6.54 Å². The fourth-order valence-corrected chi connectivity index (χ4v) is 1.78. The van der Waals surface area contributed by atoms with Crippen molar-refractivity contribution in [3.8, 4) is 0 Å². The lowest BCUT2D eigenvalue weighted by atomic mass is 10.2. The maximum atomic E-state index is 8.73. The predicted molar refractivity (Wildman–Crippen MR) is 58.2 cm³/mol. The van der Waals surface area contributed by atoms with E-state index < -0.39 is 0 Å². The first-order chi connectivity index (χ1) is 7.31. The molecule has 0 fully saturated rings. The van der Waals surface area contributed by atoms with Gasteiger partial charge in [0.2, 0.25) is 24.8 Å². The third-order valence-corrected chi connectivity index (χ3v) is 2.80. The molecule has 1 aromatic rings. The summed E-state index contributed by atoms with van der Waals surface area (Å²) in [7, 11) is 0. The van der Waals surface area contributed by atoms with Crippen molar-refractivity contribution < 1.29 is 14.2 Å². The van der Waals surface area contributed by atoms with Crippen molar-refractivity contribution in [2.45, 2.75) is 45.7 Å². The molecule has 0 aliphatic rings. The van der Waals surface area contributed by atoms with Crippen LogP contribution in [0.15, 0.2) is 24.8 Å². The van der Waals surface area contributed by atoms with Crippen molar-refractivity contribution in [2.75, 3.05) is 6.61 Å². The lowest BCUT2D eigenvalue weighted by Gasteiger charge is -2.05. The highest BCUT2D eigenvalue weighted by atomic mass is 16.3. The maximum Gasteiger partial charge on any atom is 0.233 e. The molecule has 0 aromatic carbocycles. The molecule has 0 aliphatic heterocycles. The summed E-state index contributed by atoms with van der Waals surface area (Å²) < 4.78 is 4.37. The second-order valence-electron chi connectivity index (χ2n) is 3.83. The molecule has 1 N–H and O–H groups in total. The smallest absolute Gasteiger partial charge is 0.233 e. The first kappa shape index (κ1) is 12.1. The first-order valence-electron chi connectivity index (χ1n) is 5.82. The molecule has 84 valence electrons. The number of aliphatic hydroxyl groups excluding tert-OH is 1. The third kappa shape index (κ3) is 3.59. The zero-order valence-electron chi connectivity index (χ0n) is 9.76. The molecule has 0 radical (unpaired) electrons. The Morgan fingerprint density at radius 1 is 1.07 bits per heavy atom. The molecule has 0 bridgehead atoms. The van der Waals surface area contributed by atoms with Crippen molar-refractivity contribution in [2.24, 2.45) is 0 Å². The molecular formula is C12H22N2O+2. The number of nitrogens with zero attached hydrogens (tertiary/aromatic N) is 2. The van der Waals surface area contributed by atoms with E-state index in [9.17, 15) is 0 Å². The highest BCUT2D eigenvalue weighted by Crippen LogP contribution is 2.04. The van der Waals surface area contributed by atoms with E-state index in [1.54, 1.807) is 0 Å². The van der Waals surface area contributed by atoms with Gasteiger partial charge in [-0.2, -0.15) is 9.13 Å². The fourth-order valence-electron chi connectivity index (χ4n) is 1.78. The third-order valence-electron chi connectivity index (χ3n) is 2.80. The highest BCUT2D eigenvalue weighted by Gasteiger charge is 2.14. The van der Waals surface area contributed by atoms with E-state index in [2.05, 4.69) is 47.8 Å². The number of hydrogen-bond acceptors (Lipinski definition) is 1. The molecule has 1 heterocycles. The van der Waals surface area contributed by atoms with E-state index in [-0.39, 0.29) is 6.61 Å². The van der Waals surface area contributed by atoms with Crippen molar-refractivity contribution in [3.05, 3.63) is 24.8 Å². The van der Waals surface area contributed by atoms with Gasteiger partial charge in [0, 0.05) is 25.9 Å². The molecular weight excluding hydrogens is 188 g/mol. The van der Waals surface area contributed by atoms with Crippen LogP contribution in [0.1, 0.15) is 39.2 Å². The van der Waals surface area contributed by atoms with E-state index in [1.165, 1.54) is 12.8 Å². The summed E-state index contributed by atoms with van der Waals surface area (Å²) in [6.07, 6.45) is 11.6. The van der Waals surface area contributed by atoms with Crippen molar-refractivity contribution in [1.82, 2.24) is 0 Å². The first-order valence-corrected chi connectivity index (χ1v) is 5.82. The molecule has 0 saturated heterocycles. The molecule has 0 unspecified atom stereocenters. The van der Waals surface area contributed by atoms with Crippen LogP contribution in [0.5, 0.6) is 0 Å². The molecule has 0 aliphatic carbocycles. The maximum absolute atomic E-state index is 8.73. The molecule has 3 nitrogen and oxygen atoms in total. The average molecular weight is 210 g/mol. The number of aromatic nitrogens is 2. The molecule has 1 rings (SSSR count). The zero-order valence-corrected chi connectivity index (χ0v) is 9.76. The Labute approximate surface area is 92.0 Å². The Bertz CT molecular complexity index is 267. The monoisotopic (exact) mass is 210 g/mol. The van der Waals surface area contributed by atoms with Gasteiger partial charge in [-0.3, -0.25) is 0 Å². The summed E-state index contributed by atoms with van der Waals surface area (Å²) in [5.74, 6) is 0. The lowest BCUT2D eigenvalue weighted by molar-refractivity contribution is -0.764. The second kappa shape index (κ2) is 6.51. The van der Waals surface area contributed by atoms with Crippen LogP contribution in [0.2, 0.25) is 0 Å². The number of rotatable bonds is 6. The summed E-state index contributed by atoms with van der Waals surface area (Å²) in [5.41, 5.74) is 0. The van der Waals surface area contributed by atoms with Crippen molar-refractivity contribution >= 4 is 0 Å². The Hall–Kier alpha value is -0.960. The van der Waals surface area contributed by atoms with Gasteiger partial charge in [-0.15, -0.1) is 0 Å². The van der Waals surface area contributed by atoms with Crippen LogP contribution in [0, 0.1) is 0 Å². The molecule has 0 atom stereocenters. The molecule has 3 heteroatoms. The van der Waals surface area contributed by atoms with Crippen LogP contribution in [0.3, 0.4) is 0 Å². The number of aryl methyl sites for hydroxylation is 1.